The molecule has 0 aliphatic heterocycles. The standard InChI is InChI=1S/C15H14N2O2S/c1-19-13-8-6-12(7-9-13)4-2-10-16-15(18)17-14-5-3-11-20-14/h3,5-9,11H,10H2,1H3,(H2,16,17,18). The lowest BCUT2D eigenvalue weighted by Crippen LogP contribution is -2.28. The van der Waals surface area contributed by atoms with Crippen LogP contribution in [0.4, 0.5) is 9.80 Å². The SMILES string of the molecule is COc1ccc(C#CCNC(=O)Nc2cccs2)cc1. The van der Waals surface area contributed by atoms with Gasteiger partial charge in [0.15, 0.2) is 0 Å². The van der Waals surface area contributed by atoms with E-state index in [2.05, 4.69) is 22.5 Å². The van der Waals surface area contributed by atoms with Crippen molar-refractivity contribution < 1.29 is 9.53 Å². The van der Waals surface area contributed by atoms with Gasteiger partial charge in [0, 0.05) is 5.56 Å². The molecule has 0 spiro atoms. The Balaban J connectivity index is 1.77. The molecular weight excluding hydrogens is 272 g/mol. The van der Waals surface area contributed by atoms with Gasteiger partial charge in [0.05, 0.1) is 18.7 Å². The Labute approximate surface area is 121 Å². The number of rotatable bonds is 3. The van der Waals surface area contributed by atoms with Gasteiger partial charge in [-0.2, -0.15) is 0 Å². The second kappa shape index (κ2) is 7.22. The summed E-state index contributed by atoms with van der Waals surface area (Å²) >= 11 is 1.47. The number of carbonyl (C=O) groups is 1. The highest BCUT2D eigenvalue weighted by molar-refractivity contribution is 7.14. The second-order valence-corrected chi connectivity index (χ2v) is 4.76. The lowest BCUT2D eigenvalue weighted by Gasteiger charge is -2.01. The van der Waals surface area contributed by atoms with Crippen molar-refractivity contribution in [2.45, 2.75) is 0 Å². The summed E-state index contributed by atoms with van der Waals surface area (Å²) in [4.78, 5) is 11.5. The van der Waals surface area contributed by atoms with E-state index < -0.39 is 0 Å². The smallest absolute Gasteiger partial charge is 0.320 e. The molecule has 0 atom stereocenters. The summed E-state index contributed by atoms with van der Waals surface area (Å²) in [5.74, 6) is 6.65. The van der Waals surface area contributed by atoms with E-state index in [9.17, 15) is 4.79 Å². The van der Waals surface area contributed by atoms with Crippen LogP contribution in [-0.4, -0.2) is 19.7 Å². The van der Waals surface area contributed by atoms with Crippen LogP contribution in [0.1, 0.15) is 5.56 Å². The molecule has 2 aromatic rings. The number of ether oxygens (including phenoxy) is 1. The van der Waals surface area contributed by atoms with E-state index in [-0.39, 0.29) is 6.03 Å². The Morgan fingerprint density at radius 1 is 1.30 bits per heavy atom. The van der Waals surface area contributed by atoms with Crippen molar-refractivity contribution in [1.29, 1.82) is 0 Å². The van der Waals surface area contributed by atoms with E-state index >= 15 is 0 Å². The number of benzene rings is 1. The lowest BCUT2D eigenvalue weighted by atomic mass is 10.2. The first-order valence-corrected chi connectivity index (χ1v) is 6.87. The first-order chi connectivity index (χ1) is 9.78. The molecule has 0 aliphatic rings. The number of thiophene rings is 1. The highest BCUT2D eigenvalue weighted by Gasteiger charge is 1.99. The van der Waals surface area contributed by atoms with E-state index in [1.54, 1.807) is 7.11 Å². The zero-order chi connectivity index (χ0) is 14.2. The van der Waals surface area contributed by atoms with Gasteiger partial charge >= 0.3 is 6.03 Å². The maximum absolute atomic E-state index is 11.5. The summed E-state index contributed by atoms with van der Waals surface area (Å²) in [6.45, 7) is 0.295. The van der Waals surface area contributed by atoms with Crippen molar-refractivity contribution in [2.75, 3.05) is 19.0 Å². The molecule has 4 nitrogen and oxygen atoms in total. The van der Waals surface area contributed by atoms with Crippen LogP contribution in [0.2, 0.25) is 0 Å². The Morgan fingerprint density at radius 3 is 2.75 bits per heavy atom. The minimum absolute atomic E-state index is 0.253. The Hall–Kier alpha value is -2.45. The molecule has 0 fully saturated rings. The third-order valence-electron chi connectivity index (χ3n) is 2.42. The minimum Gasteiger partial charge on any atom is -0.497 e. The van der Waals surface area contributed by atoms with Crippen molar-refractivity contribution in [2.24, 2.45) is 0 Å². The van der Waals surface area contributed by atoms with Gasteiger partial charge in [-0.3, -0.25) is 5.32 Å². The van der Waals surface area contributed by atoms with E-state index in [1.807, 2.05) is 41.8 Å². The van der Waals surface area contributed by atoms with E-state index in [4.69, 9.17) is 4.74 Å². The first kappa shape index (κ1) is 14.0. The molecule has 0 aliphatic carbocycles. The third kappa shape index (κ3) is 4.34. The molecule has 5 heteroatoms. The largest absolute Gasteiger partial charge is 0.497 e. The second-order valence-electron chi connectivity index (χ2n) is 3.82. The van der Waals surface area contributed by atoms with Gasteiger partial charge in [-0.15, -0.1) is 11.3 Å². The molecular formula is C15H14N2O2S. The van der Waals surface area contributed by atoms with Crippen LogP contribution in [0.3, 0.4) is 0 Å². The summed E-state index contributed by atoms with van der Waals surface area (Å²) in [6.07, 6.45) is 0. The number of carbonyl (C=O) groups excluding carboxylic acids is 1. The fraction of sp³-hybridized carbons (Fsp3) is 0.133. The van der Waals surface area contributed by atoms with Gasteiger partial charge in [-0.1, -0.05) is 11.8 Å². The van der Waals surface area contributed by atoms with Crippen molar-refractivity contribution in [3.63, 3.8) is 0 Å². The average Bonchev–Trinajstić information content (AvgIpc) is 2.97. The molecule has 2 rings (SSSR count). The van der Waals surface area contributed by atoms with Crippen LogP contribution in [0.25, 0.3) is 0 Å². The molecule has 0 radical (unpaired) electrons. The van der Waals surface area contributed by atoms with Gasteiger partial charge in [-0.05, 0) is 41.8 Å². The molecule has 1 aromatic carbocycles. The van der Waals surface area contributed by atoms with E-state index in [0.29, 0.717) is 6.54 Å². The fourth-order valence-corrected chi connectivity index (χ4v) is 2.06. The molecule has 1 aromatic heterocycles. The fourth-order valence-electron chi connectivity index (χ4n) is 1.45. The summed E-state index contributed by atoms with van der Waals surface area (Å²) in [7, 11) is 1.62. The summed E-state index contributed by atoms with van der Waals surface area (Å²) in [6, 6.07) is 10.9. The molecule has 2 N–H and O–H groups in total. The van der Waals surface area contributed by atoms with Crippen LogP contribution in [0, 0.1) is 11.8 Å². The quantitative estimate of drug-likeness (QED) is 0.852. The number of hydrogen-bond donors (Lipinski definition) is 2. The highest BCUT2D eigenvalue weighted by Crippen LogP contribution is 2.14. The number of hydrogen-bond acceptors (Lipinski definition) is 3. The number of methoxy groups -OCH3 is 1. The summed E-state index contributed by atoms with van der Waals surface area (Å²) in [5, 5.41) is 8.10. The van der Waals surface area contributed by atoms with Gasteiger partial charge in [-0.25, -0.2) is 4.79 Å². The summed E-state index contributed by atoms with van der Waals surface area (Å²) in [5.41, 5.74) is 0.881. The number of nitrogens with one attached hydrogen (secondary N) is 2. The molecule has 20 heavy (non-hydrogen) atoms. The molecule has 2 amide bonds. The molecule has 0 saturated heterocycles. The zero-order valence-electron chi connectivity index (χ0n) is 11.0. The Morgan fingerprint density at radius 2 is 2.10 bits per heavy atom. The monoisotopic (exact) mass is 286 g/mol. The maximum Gasteiger partial charge on any atom is 0.320 e. The highest BCUT2D eigenvalue weighted by atomic mass is 32.1. The van der Waals surface area contributed by atoms with Crippen LogP contribution < -0.4 is 15.4 Å². The number of urea groups is 1. The minimum atomic E-state index is -0.253. The van der Waals surface area contributed by atoms with Crippen molar-refractivity contribution in [3.8, 4) is 17.6 Å². The molecule has 102 valence electrons. The summed E-state index contributed by atoms with van der Waals surface area (Å²) < 4.78 is 5.06. The molecule has 0 saturated carbocycles. The van der Waals surface area contributed by atoms with Crippen LogP contribution in [0.5, 0.6) is 5.75 Å². The normalized spacial score (nSPS) is 9.25. The molecule has 0 unspecified atom stereocenters. The first-order valence-electron chi connectivity index (χ1n) is 5.99. The predicted octanol–water partition coefficient (Wildman–Crippen LogP) is 2.93. The van der Waals surface area contributed by atoms with Crippen molar-refractivity contribution >= 4 is 22.4 Å². The van der Waals surface area contributed by atoms with Crippen LogP contribution in [0.15, 0.2) is 41.8 Å². The van der Waals surface area contributed by atoms with Gasteiger partial charge < -0.3 is 10.1 Å². The number of amides is 2. The Bertz CT molecular complexity index is 610. The molecule has 0 bridgehead atoms. The average molecular weight is 286 g/mol. The van der Waals surface area contributed by atoms with E-state index in [0.717, 1.165) is 16.3 Å². The van der Waals surface area contributed by atoms with E-state index in [1.165, 1.54) is 11.3 Å². The van der Waals surface area contributed by atoms with Crippen LogP contribution >= 0.6 is 11.3 Å². The molecule has 1 heterocycles. The van der Waals surface area contributed by atoms with Crippen LogP contribution in [-0.2, 0) is 0 Å². The van der Waals surface area contributed by atoms with Crippen molar-refractivity contribution in [1.82, 2.24) is 5.32 Å². The van der Waals surface area contributed by atoms with Gasteiger partial charge in [0.25, 0.3) is 0 Å². The predicted molar refractivity (Wildman–Crippen MR) is 81.2 cm³/mol. The Kier molecular flexibility index (Phi) is 5.04. The zero-order valence-corrected chi connectivity index (χ0v) is 11.8. The lowest BCUT2D eigenvalue weighted by molar-refractivity contribution is 0.253. The third-order valence-corrected chi connectivity index (χ3v) is 3.20. The topological polar surface area (TPSA) is 50.4 Å². The van der Waals surface area contributed by atoms with Gasteiger partial charge in [0.2, 0.25) is 0 Å². The maximum atomic E-state index is 11.5. The van der Waals surface area contributed by atoms with Crippen molar-refractivity contribution in [3.05, 3.63) is 47.3 Å². The number of anilines is 1. The van der Waals surface area contributed by atoms with Gasteiger partial charge in [0.1, 0.15) is 5.75 Å².